The van der Waals surface area contributed by atoms with Crippen LogP contribution >= 0.6 is 0 Å². The minimum absolute atomic E-state index is 0.0619. The second-order valence-corrected chi connectivity index (χ2v) is 2.52. The fourth-order valence-corrected chi connectivity index (χ4v) is 1.27. The second kappa shape index (κ2) is 3.37. The summed E-state index contributed by atoms with van der Waals surface area (Å²) in [6.45, 7) is 4.07. The van der Waals surface area contributed by atoms with Crippen LogP contribution in [0.5, 0.6) is 0 Å². The Morgan fingerprint density at radius 3 is 2.55 bits per heavy atom. The molecule has 0 fully saturated rings. The molecule has 0 spiro atoms. The Bertz CT molecular complexity index is 288. The topological polar surface area (TPSA) is 32.9 Å². The summed E-state index contributed by atoms with van der Waals surface area (Å²) < 4.78 is 0. The van der Waals surface area contributed by atoms with Crippen LogP contribution in [0.15, 0.2) is 17.1 Å². The van der Waals surface area contributed by atoms with Gasteiger partial charge in [0, 0.05) is 11.8 Å². The van der Waals surface area contributed by atoms with E-state index < -0.39 is 0 Å². The summed E-state index contributed by atoms with van der Waals surface area (Å²) in [6, 6.07) is 1.97. The standard InChI is InChI=1S/C9H13NO/c1-3-7-5-6-10-9(11)8(7)4-2/h5-6H,3-4H2,1-2H3,(H,10,11). The number of hydrogen-bond acceptors (Lipinski definition) is 1. The van der Waals surface area contributed by atoms with Crippen molar-refractivity contribution in [3.63, 3.8) is 0 Å². The molecule has 0 aliphatic rings. The number of pyridine rings is 1. The van der Waals surface area contributed by atoms with Gasteiger partial charge in [-0.2, -0.15) is 0 Å². The summed E-state index contributed by atoms with van der Waals surface area (Å²) in [5, 5.41) is 0. The van der Waals surface area contributed by atoms with Crippen LogP contribution in [-0.4, -0.2) is 4.98 Å². The Balaban J connectivity index is 3.24. The van der Waals surface area contributed by atoms with Crippen LogP contribution in [0.25, 0.3) is 0 Å². The van der Waals surface area contributed by atoms with Gasteiger partial charge in [0.15, 0.2) is 0 Å². The zero-order valence-corrected chi connectivity index (χ0v) is 6.98. The Morgan fingerprint density at radius 1 is 1.36 bits per heavy atom. The van der Waals surface area contributed by atoms with E-state index in [1.807, 2.05) is 13.0 Å². The minimum Gasteiger partial charge on any atom is -0.329 e. The summed E-state index contributed by atoms with van der Waals surface area (Å²) in [6.07, 6.45) is 3.47. The van der Waals surface area contributed by atoms with E-state index in [0.717, 1.165) is 24.0 Å². The molecule has 1 heterocycles. The van der Waals surface area contributed by atoms with Gasteiger partial charge in [0.25, 0.3) is 5.56 Å². The van der Waals surface area contributed by atoms with Crippen LogP contribution in [0.1, 0.15) is 25.0 Å². The average Bonchev–Trinajstić information content (AvgIpc) is 2.04. The first-order valence-electron chi connectivity index (χ1n) is 3.99. The van der Waals surface area contributed by atoms with E-state index in [0.29, 0.717) is 0 Å². The van der Waals surface area contributed by atoms with Gasteiger partial charge in [-0.05, 0) is 24.5 Å². The van der Waals surface area contributed by atoms with E-state index in [2.05, 4.69) is 11.9 Å². The zero-order valence-electron chi connectivity index (χ0n) is 6.98. The van der Waals surface area contributed by atoms with Crippen LogP contribution in [0.3, 0.4) is 0 Å². The first kappa shape index (κ1) is 8.05. The molecule has 60 valence electrons. The molecular weight excluding hydrogens is 138 g/mol. The number of hydrogen-bond donors (Lipinski definition) is 1. The molecule has 0 radical (unpaired) electrons. The molecule has 11 heavy (non-hydrogen) atoms. The molecule has 0 aromatic carbocycles. The lowest BCUT2D eigenvalue weighted by atomic mass is 10.1. The van der Waals surface area contributed by atoms with Crippen LogP contribution in [0.2, 0.25) is 0 Å². The van der Waals surface area contributed by atoms with E-state index in [1.54, 1.807) is 6.20 Å². The molecule has 0 aliphatic carbocycles. The molecule has 2 heteroatoms. The lowest BCUT2D eigenvalue weighted by Crippen LogP contribution is -2.13. The predicted molar refractivity (Wildman–Crippen MR) is 45.8 cm³/mol. The van der Waals surface area contributed by atoms with Gasteiger partial charge in [0.1, 0.15) is 0 Å². The first-order chi connectivity index (χ1) is 5.29. The molecule has 0 unspecified atom stereocenters. The largest absolute Gasteiger partial charge is 0.329 e. The number of H-pyrrole nitrogens is 1. The van der Waals surface area contributed by atoms with Gasteiger partial charge >= 0.3 is 0 Å². The Labute approximate surface area is 66.3 Å². The van der Waals surface area contributed by atoms with Crippen molar-refractivity contribution in [3.8, 4) is 0 Å². The highest BCUT2D eigenvalue weighted by Crippen LogP contribution is 2.03. The maximum atomic E-state index is 11.2. The molecular formula is C9H13NO. The molecule has 0 aliphatic heterocycles. The highest BCUT2D eigenvalue weighted by Gasteiger charge is 2.00. The molecule has 0 saturated carbocycles. The number of aromatic amines is 1. The van der Waals surface area contributed by atoms with E-state index >= 15 is 0 Å². The van der Waals surface area contributed by atoms with Crippen LogP contribution in [-0.2, 0) is 12.8 Å². The maximum Gasteiger partial charge on any atom is 0.251 e. The third kappa shape index (κ3) is 1.50. The predicted octanol–water partition coefficient (Wildman–Crippen LogP) is 1.50. The summed E-state index contributed by atoms with van der Waals surface area (Å²) in [5.41, 5.74) is 2.15. The van der Waals surface area contributed by atoms with E-state index in [9.17, 15) is 4.79 Å². The first-order valence-corrected chi connectivity index (χ1v) is 3.99. The van der Waals surface area contributed by atoms with Gasteiger partial charge in [-0.25, -0.2) is 0 Å². The van der Waals surface area contributed by atoms with Crippen LogP contribution in [0.4, 0.5) is 0 Å². The van der Waals surface area contributed by atoms with Crippen molar-refractivity contribution in [3.05, 3.63) is 33.7 Å². The van der Waals surface area contributed by atoms with Crippen LogP contribution in [0, 0.1) is 0 Å². The van der Waals surface area contributed by atoms with Crippen molar-refractivity contribution in [2.75, 3.05) is 0 Å². The van der Waals surface area contributed by atoms with Crippen molar-refractivity contribution in [1.29, 1.82) is 0 Å². The molecule has 2 nitrogen and oxygen atoms in total. The molecule has 0 amide bonds. The Kier molecular flexibility index (Phi) is 2.47. The zero-order chi connectivity index (χ0) is 8.27. The van der Waals surface area contributed by atoms with Gasteiger partial charge in [-0.15, -0.1) is 0 Å². The summed E-state index contributed by atoms with van der Waals surface area (Å²) in [7, 11) is 0. The number of aryl methyl sites for hydroxylation is 1. The summed E-state index contributed by atoms with van der Waals surface area (Å²) >= 11 is 0. The number of rotatable bonds is 2. The third-order valence-electron chi connectivity index (χ3n) is 1.90. The van der Waals surface area contributed by atoms with Gasteiger partial charge in [0.2, 0.25) is 0 Å². The van der Waals surface area contributed by atoms with Gasteiger partial charge < -0.3 is 4.98 Å². The molecule has 0 bridgehead atoms. The normalized spacial score (nSPS) is 10.0. The van der Waals surface area contributed by atoms with E-state index in [1.165, 1.54) is 0 Å². The Morgan fingerprint density at radius 2 is 2.09 bits per heavy atom. The summed E-state index contributed by atoms with van der Waals surface area (Å²) in [5.74, 6) is 0. The minimum atomic E-state index is 0.0619. The fourth-order valence-electron chi connectivity index (χ4n) is 1.27. The Hall–Kier alpha value is -1.05. The van der Waals surface area contributed by atoms with Crippen molar-refractivity contribution < 1.29 is 0 Å². The highest BCUT2D eigenvalue weighted by atomic mass is 16.1. The molecule has 1 aromatic rings. The van der Waals surface area contributed by atoms with E-state index in [4.69, 9.17) is 0 Å². The summed E-state index contributed by atoms with van der Waals surface area (Å²) in [4.78, 5) is 13.8. The van der Waals surface area contributed by atoms with E-state index in [-0.39, 0.29) is 5.56 Å². The highest BCUT2D eigenvalue weighted by molar-refractivity contribution is 5.22. The van der Waals surface area contributed by atoms with Gasteiger partial charge in [-0.3, -0.25) is 4.79 Å². The number of aromatic nitrogens is 1. The SMILES string of the molecule is CCc1cc[nH]c(=O)c1CC. The molecule has 1 rings (SSSR count). The molecule has 0 atom stereocenters. The monoisotopic (exact) mass is 151 g/mol. The number of nitrogens with one attached hydrogen (secondary N) is 1. The smallest absolute Gasteiger partial charge is 0.251 e. The second-order valence-electron chi connectivity index (χ2n) is 2.52. The molecule has 1 N–H and O–H groups in total. The van der Waals surface area contributed by atoms with Crippen LogP contribution < -0.4 is 5.56 Å². The fraction of sp³-hybridized carbons (Fsp3) is 0.444. The lowest BCUT2D eigenvalue weighted by Gasteiger charge is -2.01. The van der Waals surface area contributed by atoms with Crippen molar-refractivity contribution >= 4 is 0 Å². The van der Waals surface area contributed by atoms with Gasteiger partial charge in [-0.1, -0.05) is 13.8 Å². The van der Waals surface area contributed by atoms with Gasteiger partial charge in [0.05, 0.1) is 0 Å². The molecule has 0 saturated heterocycles. The average molecular weight is 151 g/mol. The van der Waals surface area contributed by atoms with Crippen molar-refractivity contribution in [2.24, 2.45) is 0 Å². The van der Waals surface area contributed by atoms with Crippen molar-refractivity contribution in [1.82, 2.24) is 4.98 Å². The van der Waals surface area contributed by atoms with Crippen molar-refractivity contribution in [2.45, 2.75) is 26.7 Å². The third-order valence-corrected chi connectivity index (χ3v) is 1.90. The quantitative estimate of drug-likeness (QED) is 0.682. The lowest BCUT2D eigenvalue weighted by molar-refractivity contribution is 0.984. The maximum absolute atomic E-state index is 11.2. The molecule has 1 aromatic heterocycles.